The van der Waals surface area contributed by atoms with Crippen LogP contribution in [-0.2, 0) is 14.8 Å². The number of carbonyl (C=O) groups excluding carboxylic acids is 1. The van der Waals surface area contributed by atoms with E-state index >= 15 is 0 Å². The molecule has 7 nitrogen and oxygen atoms in total. The summed E-state index contributed by atoms with van der Waals surface area (Å²) >= 11 is 0.914. The summed E-state index contributed by atoms with van der Waals surface area (Å²) in [6, 6.07) is 9.99. The van der Waals surface area contributed by atoms with E-state index in [4.69, 9.17) is 0 Å². The molecule has 0 fully saturated rings. The van der Waals surface area contributed by atoms with Crippen LogP contribution in [0.25, 0.3) is 11.0 Å². The van der Waals surface area contributed by atoms with Gasteiger partial charge in [0.2, 0.25) is 15.9 Å². The van der Waals surface area contributed by atoms with Gasteiger partial charge in [-0.3, -0.25) is 4.79 Å². The first-order chi connectivity index (χ1) is 11.9. The second kappa shape index (κ2) is 6.82. The molecule has 0 atom stereocenters. The van der Waals surface area contributed by atoms with Gasteiger partial charge in [0.1, 0.15) is 21.7 Å². The average molecular weight is 380 g/mol. The normalized spacial score (nSPS) is 11.8. The highest BCUT2D eigenvalue weighted by Gasteiger charge is 2.26. The van der Waals surface area contributed by atoms with Gasteiger partial charge in [0, 0.05) is 12.7 Å². The van der Waals surface area contributed by atoms with Gasteiger partial charge in [0.15, 0.2) is 0 Å². The minimum atomic E-state index is -3.93. The van der Waals surface area contributed by atoms with Crippen molar-refractivity contribution in [1.29, 1.82) is 0 Å². The highest BCUT2D eigenvalue weighted by Crippen LogP contribution is 2.23. The van der Waals surface area contributed by atoms with Gasteiger partial charge in [0.05, 0.1) is 18.3 Å². The number of nitrogens with zero attached hydrogens (tertiary/aromatic N) is 3. The number of rotatable bonds is 5. The van der Waals surface area contributed by atoms with E-state index in [2.05, 4.69) is 14.1 Å². The van der Waals surface area contributed by atoms with Crippen molar-refractivity contribution in [3.8, 4) is 0 Å². The van der Waals surface area contributed by atoms with E-state index in [-0.39, 0.29) is 16.1 Å². The number of halogens is 1. The van der Waals surface area contributed by atoms with E-state index in [1.54, 1.807) is 12.1 Å². The van der Waals surface area contributed by atoms with Crippen LogP contribution >= 0.6 is 11.7 Å². The summed E-state index contributed by atoms with van der Waals surface area (Å²) in [5, 5.41) is 2.46. The van der Waals surface area contributed by atoms with Crippen molar-refractivity contribution >= 4 is 44.4 Å². The molecule has 130 valence electrons. The first-order valence-corrected chi connectivity index (χ1v) is 9.28. The molecule has 0 aliphatic rings. The monoisotopic (exact) mass is 380 g/mol. The van der Waals surface area contributed by atoms with E-state index in [9.17, 15) is 17.6 Å². The summed E-state index contributed by atoms with van der Waals surface area (Å²) < 4.78 is 47.5. The fourth-order valence-electron chi connectivity index (χ4n) is 2.21. The standard InChI is InChI=1S/C15H13FN4O3S2/c1-20(9-14(21)17-11-5-2-4-10(16)8-11)25(22,23)13-7-3-6-12-15(13)19-24-18-12/h2-8H,9H2,1H3,(H,17,21). The van der Waals surface area contributed by atoms with E-state index < -0.39 is 28.3 Å². The first kappa shape index (κ1) is 17.4. The number of benzene rings is 2. The Morgan fingerprint density at radius 3 is 2.76 bits per heavy atom. The number of fused-ring (bicyclic) bond motifs is 1. The summed E-state index contributed by atoms with van der Waals surface area (Å²) in [6.45, 7) is -0.424. The van der Waals surface area contributed by atoms with Crippen LogP contribution in [0, 0.1) is 5.82 Å². The number of nitrogens with one attached hydrogen (secondary N) is 1. The van der Waals surface area contributed by atoms with Crippen LogP contribution in [0.5, 0.6) is 0 Å². The van der Waals surface area contributed by atoms with Gasteiger partial charge in [0.25, 0.3) is 0 Å². The Bertz CT molecular complexity index is 1040. The highest BCUT2D eigenvalue weighted by atomic mass is 32.2. The van der Waals surface area contributed by atoms with Crippen molar-refractivity contribution in [1.82, 2.24) is 13.1 Å². The molecule has 0 unspecified atom stereocenters. The Balaban J connectivity index is 1.79. The zero-order chi connectivity index (χ0) is 18.0. The van der Waals surface area contributed by atoms with Gasteiger partial charge < -0.3 is 5.32 Å². The number of hydrogen-bond donors (Lipinski definition) is 1. The van der Waals surface area contributed by atoms with E-state index in [0.29, 0.717) is 5.52 Å². The van der Waals surface area contributed by atoms with Gasteiger partial charge in [-0.1, -0.05) is 12.1 Å². The smallest absolute Gasteiger partial charge is 0.245 e. The molecular weight excluding hydrogens is 367 g/mol. The van der Waals surface area contributed by atoms with Crippen LogP contribution in [0.4, 0.5) is 10.1 Å². The van der Waals surface area contributed by atoms with Crippen LogP contribution in [0.3, 0.4) is 0 Å². The lowest BCUT2D eigenvalue weighted by Crippen LogP contribution is -2.35. The largest absolute Gasteiger partial charge is 0.325 e. The van der Waals surface area contributed by atoms with Crippen LogP contribution in [-0.4, -0.2) is 41.0 Å². The van der Waals surface area contributed by atoms with Crippen molar-refractivity contribution < 1.29 is 17.6 Å². The quantitative estimate of drug-likeness (QED) is 0.732. The molecule has 1 heterocycles. The van der Waals surface area contributed by atoms with Gasteiger partial charge in [-0.2, -0.15) is 13.1 Å². The molecule has 1 amide bonds. The molecule has 0 spiro atoms. The maximum atomic E-state index is 13.1. The number of hydrogen-bond acceptors (Lipinski definition) is 6. The minimum absolute atomic E-state index is 0.0141. The van der Waals surface area contributed by atoms with Crippen molar-refractivity contribution in [3.05, 3.63) is 48.3 Å². The topological polar surface area (TPSA) is 92.3 Å². The molecule has 25 heavy (non-hydrogen) atoms. The maximum absolute atomic E-state index is 13.1. The summed E-state index contributed by atoms with van der Waals surface area (Å²) in [4.78, 5) is 12.0. The SMILES string of the molecule is CN(CC(=O)Nc1cccc(F)c1)S(=O)(=O)c1cccc2nsnc12. The number of amides is 1. The van der Waals surface area contributed by atoms with E-state index in [0.717, 1.165) is 22.1 Å². The molecule has 0 radical (unpaired) electrons. The zero-order valence-electron chi connectivity index (χ0n) is 13.0. The lowest BCUT2D eigenvalue weighted by Gasteiger charge is -2.17. The summed E-state index contributed by atoms with van der Waals surface area (Å²) in [5.74, 6) is -1.08. The summed E-state index contributed by atoms with van der Waals surface area (Å²) in [7, 11) is -2.64. The average Bonchev–Trinajstić information content (AvgIpc) is 3.02. The molecule has 0 saturated carbocycles. The number of aromatic nitrogens is 2. The summed E-state index contributed by atoms with van der Waals surface area (Å²) in [5.41, 5.74) is 0.996. The molecule has 3 aromatic rings. The van der Waals surface area contributed by atoms with Gasteiger partial charge in [-0.05, 0) is 30.3 Å². The Kier molecular flexibility index (Phi) is 4.75. The fourth-order valence-corrected chi connectivity index (χ4v) is 4.09. The minimum Gasteiger partial charge on any atom is -0.325 e. The summed E-state index contributed by atoms with van der Waals surface area (Å²) in [6.07, 6.45) is 0. The number of sulfonamides is 1. The second-order valence-electron chi connectivity index (χ2n) is 5.21. The predicted octanol–water partition coefficient (Wildman–Crippen LogP) is 2.09. The molecule has 0 aliphatic carbocycles. The van der Waals surface area contributed by atoms with Crippen molar-refractivity contribution in [2.45, 2.75) is 4.90 Å². The van der Waals surface area contributed by atoms with Crippen LogP contribution in [0.1, 0.15) is 0 Å². The maximum Gasteiger partial charge on any atom is 0.245 e. The number of anilines is 1. The molecule has 1 aromatic heterocycles. The zero-order valence-corrected chi connectivity index (χ0v) is 14.6. The van der Waals surface area contributed by atoms with Crippen molar-refractivity contribution in [2.24, 2.45) is 0 Å². The molecule has 3 rings (SSSR count). The lowest BCUT2D eigenvalue weighted by molar-refractivity contribution is -0.116. The molecular formula is C15H13FN4O3S2. The Labute approximate surface area is 147 Å². The Hall–Kier alpha value is -2.43. The third kappa shape index (κ3) is 3.65. The Morgan fingerprint density at radius 1 is 1.24 bits per heavy atom. The highest BCUT2D eigenvalue weighted by molar-refractivity contribution is 7.89. The molecule has 1 N–H and O–H groups in total. The molecule has 0 aliphatic heterocycles. The fraction of sp³-hybridized carbons (Fsp3) is 0.133. The first-order valence-electron chi connectivity index (χ1n) is 7.11. The molecule has 0 saturated heterocycles. The van der Waals surface area contributed by atoms with Gasteiger partial charge in [-0.15, -0.1) is 0 Å². The van der Waals surface area contributed by atoms with Crippen LogP contribution < -0.4 is 5.32 Å². The van der Waals surface area contributed by atoms with Gasteiger partial charge in [-0.25, -0.2) is 12.8 Å². The Morgan fingerprint density at radius 2 is 2.00 bits per heavy atom. The van der Waals surface area contributed by atoms with E-state index in [1.165, 1.54) is 31.3 Å². The van der Waals surface area contributed by atoms with Gasteiger partial charge >= 0.3 is 0 Å². The number of likely N-dealkylation sites (N-methyl/N-ethyl adjacent to an activating group) is 1. The van der Waals surface area contributed by atoms with Crippen LogP contribution in [0.2, 0.25) is 0 Å². The third-order valence-corrected chi connectivity index (χ3v) is 5.79. The van der Waals surface area contributed by atoms with Crippen molar-refractivity contribution in [3.63, 3.8) is 0 Å². The van der Waals surface area contributed by atoms with Crippen LogP contribution in [0.15, 0.2) is 47.4 Å². The predicted molar refractivity (Wildman–Crippen MR) is 92.3 cm³/mol. The second-order valence-corrected chi connectivity index (χ2v) is 7.75. The number of carbonyl (C=O) groups is 1. The van der Waals surface area contributed by atoms with E-state index in [1.807, 2.05) is 0 Å². The third-order valence-electron chi connectivity index (χ3n) is 3.41. The molecule has 0 bridgehead atoms. The molecule has 10 heteroatoms. The lowest BCUT2D eigenvalue weighted by atomic mass is 10.3. The molecule has 2 aromatic carbocycles. The van der Waals surface area contributed by atoms with Crippen molar-refractivity contribution in [2.75, 3.05) is 18.9 Å².